The lowest BCUT2D eigenvalue weighted by atomic mass is 10.1. The first kappa shape index (κ1) is 22.1. The summed E-state index contributed by atoms with van der Waals surface area (Å²) in [5, 5.41) is 31.9. The molecule has 5 heteroatoms. The monoisotopic (exact) mass is 441 g/mol. The maximum absolute atomic E-state index is 11.0. The van der Waals surface area contributed by atoms with Crippen LogP contribution in [-0.2, 0) is 0 Å². The van der Waals surface area contributed by atoms with E-state index in [0.29, 0.717) is 45.3 Å². The Kier molecular flexibility index (Phi) is 5.88. The molecule has 0 amide bonds. The number of aryl methyl sites for hydroxylation is 4. The van der Waals surface area contributed by atoms with Crippen LogP contribution >= 0.6 is 0 Å². The molecule has 4 aromatic carbocycles. The largest absolute Gasteiger partial charge is 0.508 e. The zero-order chi connectivity index (χ0) is 23.7. The molecule has 0 aliphatic heterocycles. The van der Waals surface area contributed by atoms with E-state index < -0.39 is 0 Å². The summed E-state index contributed by atoms with van der Waals surface area (Å²) < 4.78 is 6.32. The molecule has 5 nitrogen and oxygen atoms in total. The second-order valence-electron chi connectivity index (χ2n) is 8.19. The zero-order valence-corrected chi connectivity index (χ0v) is 19.1. The minimum absolute atomic E-state index is 0.116. The summed E-state index contributed by atoms with van der Waals surface area (Å²) in [6, 6.07) is 21.9. The highest BCUT2D eigenvalue weighted by molar-refractivity contribution is 5.86. The highest BCUT2D eigenvalue weighted by Crippen LogP contribution is 2.48. The fraction of sp³-hybridized carbons (Fsp3) is 0.143. The molecule has 33 heavy (non-hydrogen) atoms. The summed E-state index contributed by atoms with van der Waals surface area (Å²) in [6.07, 6.45) is 0. The Hall–Kier alpha value is -4.12. The number of benzene rings is 4. The smallest absolute Gasteiger partial charge is 0.151 e. The zero-order valence-electron chi connectivity index (χ0n) is 19.1. The number of para-hydroxylation sites is 4. The normalized spacial score (nSPS) is 10.8. The molecule has 0 aromatic heterocycles. The van der Waals surface area contributed by atoms with Gasteiger partial charge in [0.1, 0.15) is 23.0 Å². The van der Waals surface area contributed by atoms with Crippen molar-refractivity contribution >= 4 is 17.1 Å². The van der Waals surface area contributed by atoms with Crippen LogP contribution in [0.25, 0.3) is 0 Å². The highest BCUT2D eigenvalue weighted by Gasteiger charge is 2.23. The van der Waals surface area contributed by atoms with Crippen LogP contribution in [0.1, 0.15) is 22.3 Å². The summed E-state index contributed by atoms with van der Waals surface area (Å²) in [7, 11) is 0. The lowest BCUT2D eigenvalue weighted by Gasteiger charge is -2.29. The quantitative estimate of drug-likeness (QED) is 0.303. The van der Waals surface area contributed by atoms with Gasteiger partial charge < -0.3 is 20.1 Å². The summed E-state index contributed by atoms with van der Waals surface area (Å²) in [6.45, 7) is 7.35. The van der Waals surface area contributed by atoms with Crippen molar-refractivity contribution in [1.29, 1.82) is 0 Å². The van der Waals surface area contributed by atoms with E-state index in [1.807, 2.05) is 76.2 Å². The number of hydrogen-bond acceptors (Lipinski definition) is 5. The molecule has 0 saturated carbocycles. The number of aromatic hydroxyl groups is 3. The molecule has 168 valence electrons. The second kappa shape index (κ2) is 8.79. The van der Waals surface area contributed by atoms with Gasteiger partial charge in [-0.15, -0.1) is 0 Å². The van der Waals surface area contributed by atoms with Crippen molar-refractivity contribution in [3.8, 4) is 28.7 Å². The van der Waals surface area contributed by atoms with E-state index in [0.717, 1.165) is 5.56 Å². The summed E-state index contributed by atoms with van der Waals surface area (Å²) >= 11 is 0. The van der Waals surface area contributed by atoms with Gasteiger partial charge in [0.15, 0.2) is 5.75 Å². The second-order valence-corrected chi connectivity index (χ2v) is 8.19. The van der Waals surface area contributed by atoms with Gasteiger partial charge in [-0.2, -0.15) is 0 Å². The third kappa shape index (κ3) is 4.17. The first-order chi connectivity index (χ1) is 15.8. The van der Waals surface area contributed by atoms with E-state index in [1.54, 1.807) is 29.2 Å². The average molecular weight is 442 g/mol. The maximum Gasteiger partial charge on any atom is 0.151 e. The molecule has 0 radical (unpaired) electrons. The van der Waals surface area contributed by atoms with Crippen molar-refractivity contribution in [3.63, 3.8) is 0 Å². The Morgan fingerprint density at radius 2 is 1.09 bits per heavy atom. The maximum atomic E-state index is 11.0. The van der Waals surface area contributed by atoms with Gasteiger partial charge in [-0.3, -0.25) is 4.90 Å². The van der Waals surface area contributed by atoms with Crippen LogP contribution in [0.2, 0.25) is 0 Å². The fourth-order valence-electron chi connectivity index (χ4n) is 3.77. The van der Waals surface area contributed by atoms with Crippen molar-refractivity contribution in [1.82, 2.24) is 0 Å². The van der Waals surface area contributed by atoms with Crippen LogP contribution in [0.15, 0.2) is 72.8 Å². The summed E-state index contributed by atoms with van der Waals surface area (Å²) in [5.74, 6) is 1.59. The topological polar surface area (TPSA) is 73.2 Å². The predicted octanol–water partition coefficient (Wildman–Crippen LogP) is 7.30. The molecule has 0 unspecified atom stereocenters. The van der Waals surface area contributed by atoms with Gasteiger partial charge in [-0.25, -0.2) is 0 Å². The number of phenolic OH excluding ortho intramolecular Hbond substituents is 3. The van der Waals surface area contributed by atoms with Crippen LogP contribution in [0, 0.1) is 27.7 Å². The van der Waals surface area contributed by atoms with E-state index >= 15 is 0 Å². The number of anilines is 3. The Morgan fingerprint density at radius 1 is 0.545 bits per heavy atom. The standard InChI is InChI=1S/C28H27NO4/c1-17-9-7-12-22(27(17)31)29(23-13-8-10-18(2)28(23)32)21-11-5-6-14-25(21)33-26-16-19(3)24(30)15-20(26)4/h5-16,30-32H,1-4H3. The van der Waals surface area contributed by atoms with Crippen molar-refractivity contribution in [2.45, 2.75) is 27.7 Å². The van der Waals surface area contributed by atoms with E-state index in [4.69, 9.17) is 4.74 Å². The van der Waals surface area contributed by atoms with Crippen LogP contribution in [0.4, 0.5) is 17.1 Å². The van der Waals surface area contributed by atoms with Crippen LogP contribution in [0.5, 0.6) is 28.7 Å². The molecule has 0 aliphatic rings. The number of hydrogen-bond donors (Lipinski definition) is 3. The van der Waals surface area contributed by atoms with Crippen molar-refractivity contribution in [2.75, 3.05) is 4.90 Å². The van der Waals surface area contributed by atoms with Crippen LogP contribution < -0.4 is 9.64 Å². The first-order valence-electron chi connectivity index (χ1n) is 10.7. The van der Waals surface area contributed by atoms with Crippen LogP contribution in [-0.4, -0.2) is 15.3 Å². The molecular formula is C28H27NO4. The number of ether oxygens (including phenoxy) is 1. The highest BCUT2D eigenvalue weighted by atomic mass is 16.5. The van der Waals surface area contributed by atoms with Gasteiger partial charge in [-0.1, -0.05) is 36.4 Å². The molecule has 4 rings (SSSR count). The molecule has 0 spiro atoms. The van der Waals surface area contributed by atoms with Crippen molar-refractivity contribution < 1.29 is 20.1 Å². The summed E-state index contributed by atoms with van der Waals surface area (Å²) in [5.41, 5.74) is 4.61. The van der Waals surface area contributed by atoms with Gasteiger partial charge in [0.05, 0.1) is 17.1 Å². The van der Waals surface area contributed by atoms with Crippen molar-refractivity contribution in [2.24, 2.45) is 0 Å². The lowest BCUT2D eigenvalue weighted by molar-refractivity contribution is 0.457. The first-order valence-corrected chi connectivity index (χ1v) is 10.7. The van der Waals surface area contributed by atoms with Gasteiger partial charge in [0, 0.05) is 0 Å². The Balaban J connectivity index is 1.94. The average Bonchev–Trinajstić information content (AvgIpc) is 2.79. The third-order valence-corrected chi connectivity index (χ3v) is 5.73. The summed E-state index contributed by atoms with van der Waals surface area (Å²) in [4.78, 5) is 1.79. The number of rotatable bonds is 5. The lowest BCUT2D eigenvalue weighted by Crippen LogP contribution is -2.12. The minimum Gasteiger partial charge on any atom is -0.508 e. The third-order valence-electron chi connectivity index (χ3n) is 5.73. The van der Waals surface area contributed by atoms with Gasteiger partial charge in [0.25, 0.3) is 0 Å². The number of nitrogens with zero attached hydrogens (tertiary/aromatic N) is 1. The van der Waals surface area contributed by atoms with Crippen LogP contribution in [0.3, 0.4) is 0 Å². The molecule has 3 N–H and O–H groups in total. The minimum atomic E-state index is 0.116. The molecule has 0 fully saturated rings. The Labute approximate surface area is 193 Å². The van der Waals surface area contributed by atoms with E-state index in [-0.39, 0.29) is 17.2 Å². The molecular weight excluding hydrogens is 414 g/mol. The molecule has 0 bridgehead atoms. The number of phenols is 3. The van der Waals surface area contributed by atoms with Gasteiger partial charge in [-0.05, 0) is 86.3 Å². The Morgan fingerprint density at radius 3 is 1.70 bits per heavy atom. The molecule has 0 aliphatic carbocycles. The fourth-order valence-corrected chi connectivity index (χ4v) is 3.77. The SMILES string of the molecule is Cc1cc(Oc2ccccc2N(c2cccc(C)c2O)c2cccc(C)c2O)c(C)cc1O. The van der Waals surface area contributed by atoms with E-state index in [9.17, 15) is 15.3 Å². The molecule has 4 aromatic rings. The Bertz CT molecular complexity index is 1280. The van der Waals surface area contributed by atoms with E-state index in [2.05, 4.69) is 0 Å². The molecule has 0 heterocycles. The molecule has 0 saturated heterocycles. The van der Waals surface area contributed by atoms with Gasteiger partial charge >= 0.3 is 0 Å². The molecule has 0 atom stereocenters. The van der Waals surface area contributed by atoms with Crippen molar-refractivity contribution in [3.05, 3.63) is 95.1 Å². The van der Waals surface area contributed by atoms with E-state index in [1.165, 1.54) is 0 Å². The predicted molar refractivity (Wildman–Crippen MR) is 132 cm³/mol. The van der Waals surface area contributed by atoms with Gasteiger partial charge in [0.2, 0.25) is 0 Å².